The molecule has 2 atom stereocenters. The fourth-order valence-electron chi connectivity index (χ4n) is 2.36. The van der Waals surface area contributed by atoms with Gasteiger partial charge in [0.25, 0.3) is 0 Å². The van der Waals surface area contributed by atoms with Crippen molar-refractivity contribution in [3.63, 3.8) is 0 Å². The van der Waals surface area contributed by atoms with E-state index in [4.69, 9.17) is 4.74 Å². The normalized spacial score (nSPS) is 21.8. The smallest absolute Gasteiger partial charge is 0.323 e. The molecule has 3 nitrogen and oxygen atoms in total. The van der Waals surface area contributed by atoms with Crippen LogP contribution in [0, 0.1) is 0 Å². The minimum atomic E-state index is -0.123. The third-order valence-corrected chi connectivity index (χ3v) is 3.68. The topological polar surface area (TPSA) is 38.3 Å². The molecule has 1 aromatic carbocycles. The van der Waals surface area contributed by atoms with E-state index in [1.807, 2.05) is 19.1 Å². The van der Waals surface area contributed by atoms with Crippen LogP contribution < -0.4 is 5.32 Å². The number of hydrogen-bond donors (Lipinski definition) is 1. The average molecular weight is 349 g/mol. The molecule has 1 heterocycles. The van der Waals surface area contributed by atoms with Crippen LogP contribution >= 0.6 is 28.3 Å². The zero-order valence-corrected chi connectivity index (χ0v) is 13.3. The molecule has 0 unspecified atom stereocenters. The number of halogens is 2. The Bertz CT molecular complexity index is 428. The number of esters is 1. The quantitative estimate of drug-likeness (QED) is 0.850. The molecule has 0 radical (unpaired) electrons. The molecule has 1 aliphatic heterocycles. The average Bonchev–Trinajstić information content (AvgIpc) is 2.78. The van der Waals surface area contributed by atoms with Gasteiger partial charge in [-0.05, 0) is 43.9 Å². The van der Waals surface area contributed by atoms with Crippen LogP contribution in [0.5, 0.6) is 0 Å². The van der Waals surface area contributed by atoms with Crippen LogP contribution in [0.3, 0.4) is 0 Å². The molecule has 0 saturated carbocycles. The Hall–Kier alpha value is -0.580. The minimum Gasteiger partial charge on any atom is -0.465 e. The van der Waals surface area contributed by atoms with Gasteiger partial charge in [-0.25, -0.2) is 0 Å². The molecular formula is C14H19BrClNO2. The van der Waals surface area contributed by atoms with Gasteiger partial charge in [-0.15, -0.1) is 12.4 Å². The van der Waals surface area contributed by atoms with Crippen molar-refractivity contribution in [3.05, 3.63) is 34.3 Å². The third kappa shape index (κ3) is 4.79. The third-order valence-electron chi connectivity index (χ3n) is 3.18. The van der Waals surface area contributed by atoms with Gasteiger partial charge in [0.1, 0.15) is 6.04 Å². The first-order valence-corrected chi connectivity index (χ1v) is 7.15. The fraction of sp³-hybridized carbons (Fsp3) is 0.500. The Balaban J connectivity index is 0.00000180. The molecule has 0 spiro atoms. The largest absolute Gasteiger partial charge is 0.465 e. The van der Waals surface area contributed by atoms with Crippen molar-refractivity contribution in [2.75, 3.05) is 6.61 Å². The van der Waals surface area contributed by atoms with Crippen molar-refractivity contribution in [3.8, 4) is 0 Å². The van der Waals surface area contributed by atoms with E-state index in [9.17, 15) is 4.79 Å². The van der Waals surface area contributed by atoms with Crippen LogP contribution in [0.15, 0.2) is 28.7 Å². The lowest BCUT2D eigenvalue weighted by molar-refractivity contribution is -0.145. The monoisotopic (exact) mass is 347 g/mol. The summed E-state index contributed by atoms with van der Waals surface area (Å²) in [6, 6.07) is 8.55. The summed E-state index contributed by atoms with van der Waals surface area (Å²) in [6.45, 7) is 2.29. The van der Waals surface area contributed by atoms with Gasteiger partial charge in [-0.3, -0.25) is 4.79 Å². The summed E-state index contributed by atoms with van der Waals surface area (Å²) < 4.78 is 6.13. The van der Waals surface area contributed by atoms with Gasteiger partial charge in [0.05, 0.1) is 6.61 Å². The maximum atomic E-state index is 11.6. The molecule has 1 N–H and O–H groups in total. The predicted octanol–water partition coefficient (Wildman–Crippen LogP) is 3.10. The van der Waals surface area contributed by atoms with Crippen LogP contribution in [0.2, 0.25) is 0 Å². The lowest BCUT2D eigenvalue weighted by atomic mass is 10.0. The lowest BCUT2D eigenvalue weighted by Gasteiger charge is -2.13. The van der Waals surface area contributed by atoms with E-state index in [1.165, 1.54) is 5.56 Å². The van der Waals surface area contributed by atoms with Crippen molar-refractivity contribution in [2.45, 2.75) is 38.3 Å². The molecule has 0 amide bonds. The molecule has 0 bridgehead atoms. The van der Waals surface area contributed by atoms with Crippen molar-refractivity contribution in [1.82, 2.24) is 5.32 Å². The van der Waals surface area contributed by atoms with E-state index in [-0.39, 0.29) is 24.4 Å². The lowest BCUT2D eigenvalue weighted by Crippen LogP contribution is -2.37. The summed E-state index contributed by atoms with van der Waals surface area (Å²) in [6.07, 6.45) is 2.85. The van der Waals surface area contributed by atoms with Gasteiger partial charge in [-0.2, -0.15) is 0 Å². The highest BCUT2D eigenvalue weighted by Crippen LogP contribution is 2.19. The van der Waals surface area contributed by atoms with Crippen molar-refractivity contribution < 1.29 is 9.53 Å². The Labute approximate surface area is 128 Å². The molecule has 1 fully saturated rings. The van der Waals surface area contributed by atoms with Gasteiger partial charge < -0.3 is 10.1 Å². The molecule has 106 valence electrons. The summed E-state index contributed by atoms with van der Waals surface area (Å²) in [5.41, 5.74) is 1.28. The highest BCUT2D eigenvalue weighted by molar-refractivity contribution is 9.10. The Morgan fingerprint density at radius 2 is 2.26 bits per heavy atom. The molecule has 0 aromatic heterocycles. The predicted molar refractivity (Wildman–Crippen MR) is 81.7 cm³/mol. The first-order valence-electron chi connectivity index (χ1n) is 6.36. The number of carbonyl (C=O) groups is 1. The van der Waals surface area contributed by atoms with Crippen molar-refractivity contribution >= 4 is 34.3 Å². The molecular weight excluding hydrogens is 330 g/mol. The van der Waals surface area contributed by atoms with Crippen LogP contribution in [0.25, 0.3) is 0 Å². The first-order chi connectivity index (χ1) is 8.69. The molecule has 1 saturated heterocycles. The Morgan fingerprint density at radius 1 is 1.47 bits per heavy atom. The Morgan fingerprint density at radius 3 is 2.95 bits per heavy atom. The van der Waals surface area contributed by atoms with Gasteiger partial charge in [0.15, 0.2) is 0 Å². The fourth-order valence-corrected chi connectivity index (χ4v) is 2.80. The van der Waals surface area contributed by atoms with E-state index >= 15 is 0 Å². The summed E-state index contributed by atoms with van der Waals surface area (Å²) in [4.78, 5) is 11.6. The van der Waals surface area contributed by atoms with E-state index in [0.717, 1.165) is 23.7 Å². The number of rotatable bonds is 4. The van der Waals surface area contributed by atoms with Gasteiger partial charge >= 0.3 is 5.97 Å². The van der Waals surface area contributed by atoms with Crippen molar-refractivity contribution in [2.24, 2.45) is 0 Å². The molecule has 0 aliphatic carbocycles. The standard InChI is InChI=1S/C14H18BrNO2.ClH/c1-2-18-14(17)13-7-6-12(16-13)9-10-4-3-5-11(15)8-10;/h3-5,8,12-13,16H,2,6-7,9H2,1H3;1H/t12-,13+;/m1./s1. The van der Waals surface area contributed by atoms with E-state index in [2.05, 4.69) is 33.4 Å². The van der Waals surface area contributed by atoms with Gasteiger partial charge in [0, 0.05) is 10.5 Å². The van der Waals surface area contributed by atoms with Gasteiger partial charge in [-0.1, -0.05) is 28.1 Å². The SMILES string of the molecule is CCOC(=O)[C@@H]1CC[C@H](Cc2cccc(Br)c2)N1.Cl. The number of hydrogen-bond acceptors (Lipinski definition) is 3. The molecule has 1 aliphatic rings. The first kappa shape index (κ1) is 16.5. The van der Waals surface area contributed by atoms with Crippen molar-refractivity contribution in [1.29, 1.82) is 0 Å². The van der Waals surface area contributed by atoms with Crippen LogP contribution in [0.1, 0.15) is 25.3 Å². The van der Waals surface area contributed by atoms with Crippen LogP contribution in [-0.4, -0.2) is 24.7 Å². The number of nitrogens with one attached hydrogen (secondary N) is 1. The maximum Gasteiger partial charge on any atom is 0.323 e. The van der Waals surface area contributed by atoms with Gasteiger partial charge in [0.2, 0.25) is 0 Å². The Kier molecular flexibility index (Phi) is 6.83. The summed E-state index contributed by atoms with van der Waals surface area (Å²) in [5, 5.41) is 3.35. The second kappa shape index (κ2) is 7.88. The summed E-state index contributed by atoms with van der Waals surface area (Å²) in [5.74, 6) is -0.116. The highest BCUT2D eigenvalue weighted by atomic mass is 79.9. The molecule has 1 aromatic rings. The zero-order valence-electron chi connectivity index (χ0n) is 10.9. The second-order valence-corrected chi connectivity index (χ2v) is 5.50. The summed E-state index contributed by atoms with van der Waals surface area (Å²) >= 11 is 3.47. The minimum absolute atomic E-state index is 0. The number of carbonyl (C=O) groups excluding carboxylic acids is 1. The van der Waals surface area contributed by atoms with E-state index in [1.54, 1.807) is 0 Å². The summed E-state index contributed by atoms with van der Waals surface area (Å²) in [7, 11) is 0. The number of ether oxygens (including phenoxy) is 1. The second-order valence-electron chi connectivity index (χ2n) is 4.58. The highest BCUT2D eigenvalue weighted by Gasteiger charge is 2.29. The molecule has 5 heteroatoms. The zero-order chi connectivity index (χ0) is 13.0. The van der Waals surface area contributed by atoms with E-state index < -0.39 is 0 Å². The van der Waals surface area contributed by atoms with Crippen LogP contribution in [-0.2, 0) is 16.0 Å². The van der Waals surface area contributed by atoms with E-state index in [0.29, 0.717) is 12.6 Å². The molecule has 19 heavy (non-hydrogen) atoms. The van der Waals surface area contributed by atoms with Crippen LogP contribution in [0.4, 0.5) is 0 Å². The number of benzene rings is 1. The molecule has 2 rings (SSSR count). The maximum absolute atomic E-state index is 11.6.